The first-order valence-corrected chi connectivity index (χ1v) is 37.5. The van der Waals surface area contributed by atoms with Crippen molar-refractivity contribution in [3.05, 3.63) is 213 Å². The van der Waals surface area contributed by atoms with Gasteiger partial charge in [-0.1, -0.05) is 257 Å². The van der Waals surface area contributed by atoms with Gasteiger partial charge >= 0.3 is 0 Å². The van der Waals surface area contributed by atoms with E-state index >= 15 is 0 Å². The highest BCUT2D eigenvalue weighted by Crippen LogP contribution is 2.21. The van der Waals surface area contributed by atoms with E-state index in [0.717, 1.165) is 50.9 Å². The summed E-state index contributed by atoms with van der Waals surface area (Å²) in [5.74, 6) is 0. The average molecular weight is 1380 g/mol. The van der Waals surface area contributed by atoms with Crippen LogP contribution in [0.3, 0.4) is 0 Å². The maximum absolute atomic E-state index is 4.26. The van der Waals surface area contributed by atoms with E-state index in [-0.39, 0.29) is 0 Å². The number of hydrogen-bond acceptors (Lipinski definition) is 10. The van der Waals surface area contributed by atoms with Crippen LogP contribution in [0, 0.1) is 34.6 Å². The Kier molecular flexibility index (Phi) is 97.0. The molecule has 0 spiro atoms. The topological polar surface area (TPSA) is 148 Å². The van der Waals surface area contributed by atoms with Crippen LogP contribution in [0.15, 0.2) is 185 Å². The second-order valence-electron chi connectivity index (χ2n) is 16.2. The van der Waals surface area contributed by atoms with Crippen molar-refractivity contribution in [2.45, 2.75) is 242 Å². The molecule has 15 heteroatoms. The van der Waals surface area contributed by atoms with Crippen molar-refractivity contribution in [2.75, 3.05) is 0 Å². The molecule has 0 saturated carbocycles. The molecule has 0 fully saturated rings. The number of hydrogen-bond donors (Lipinski definition) is 0. The summed E-state index contributed by atoms with van der Waals surface area (Å²) >= 11 is 0. The highest BCUT2D eigenvalue weighted by Gasteiger charge is 2.13. The van der Waals surface area contributed by atoms with Gasteiger partial charge in [0.15, 0.2) is 0 Å². The zero-order valence-corrected chi connectivity index (χ0v) is 71.5. The Morgan fingerprint density at radius 2 is 0.480 bits per heavy atom. The number of aryl methyl sites for hydroxylation is 10. The fraction of sp³-hybridized carbons (Fsp3) is 0.471. The van der Waals surface area contributed by atoms with Crippen LogP contribution in [0.5, 0.6) is 0 Å². The molecule has 10 aromatic rings. The number of benzene rings is 1. The standard InChI is InChI=1S/C12H13N2.3C11H12N3.C10H11N4.15C2H6/c1-10-5-3-4-6-11(10)12-7-8-13-9-14(12)2;1-9-7-12-5-3-10(9)11-4-6-13-8-14(11)2;1-9-3-5-12-7-10(9)11-4-6-13-8-14(11)2;1-9-10(4-3-6-13-9)11-5-7-12-8-14(11)2;1-8-9(5-12-6-13-8)10-3-4-11-7-14(10)2;15*1-2/h3-9H,1-2H3;3*3-8H,1-2H3;3-7H,1-2H3;15*1-2H3/q5*+1;;;;;;;;;;;;;;;. The number of nitrogens with zero attached hydrogens (tertiary/aromatic N) is 15. The van der Waals surface area contributed by atoms with Gasteiger partial charge < -0.3 is 0 Å². The molecule has 0 saturated heterocycles. The first-order valence-electron chi connectivity index (χ1n) is 37.5. The lowest BCUT2D eigenvalue weighted by atomic mass is 10.1. The Morgan fingerprint density at radius 3 is 0.810 bits per heavy atom. The van der Waals surface area contributed by atoms with E-state index in [0.29, 0.717) is 0 Å². The van der Waals surface area contributed by atoms with Crippen LogP contribution >= 0.6 is 0 Å². The lowest BCUT2D eigenvalue weighted by molar-refractivity contribution is -0.663. The van der Waals surface area contributed by atoms with Gasteiger partial charge in [0.2, 0.25) is 0 Å². The molecule has 100 heavy (non-hydrogen) atoms. The van der Waals surface area contributed by atoms with Gasteiger partial charge in [0.25, 0.3) is 31.6 Å². The number of aromatic nitrogens is 15. The second-order valence-corrected chi connectivity index (χ2v) is 16.2. The summed E-state index contributed by atoms with van der Waals surface area (Å²) in [5, 5.41) is 0. The minimum absolute atomic E-state index is 0.974. The molecule has 10 rings (SSSR count). The van der Waals surface area contributed by atoms with Crippen molar-refractivity contribution < 1.29 is 22.8 Å². The molecule has 1 aromatic carbocycles. The molecule has 0 aliphatic rings. The molecule has 560 valence electrons. The van der Waals surface area contributed by atoms with E-state index in [1.807, 2.05) is 365 Å². The zero-order valence-electron chi connectivity index (χ0n) is 71.5. The first-order chi connectivity index (χ1) is 48.9. The van der Waals surface area contributed by atoms with E-state index in [9.17, 15) is 0 Å². The number of pyridine rings is 3. The molecular weight excluding hydrogens is 1230 g/mol. The van der Waals surface area contributed by atoms with Crippen LogP contribution in [0.4, 0.5) is 0 Å². The molecule has 0 unspecified atom stereocenters. The third-order valence-corrected chi connectivity index (χ3v) is 11.2. The van der Waals surface area contributed by atoms with Gasteiger partial charge in [-0.05, 0) is 75.6 Å². The smallest absolute Gasteiger partial charge is 0.264 e. The summed E-state index contributed by atoms with van der Waals surface area (Å²) in [6.45, 7) is 70.2. The Balaban J connectivity index is -0.000000115. The maximum atomic E-state index is 4.26. The molecule has 0 atom stereocenters. The van der Waals surface area contributed by atoms with Crippen LogP contribution in [-0.4, -0.2) is 49.8 Å². The van der Waals surface area contributed by atoms with Crippen LogP contribution in [0.2, 0.25) is 0 Å². The lowest BCUT2D eigenvalue weighted by Crippen LogP contribution is -2.31. The lowest BCUT2D eigenvalue weighted by Gasteiger charge is -2.04. The molecule has 0 bridgehead atoms. The van der Waals surface area contributed by atoms with Crippen LogP contribution < -0.4 is 22.8 Å². The van der Waals surface area contributed by atoms with Crippen molar-refractivity contribution in [3.63, 3.8) is 0 Å². The Labute approximate surface area is 616 Å². The Morgan fingerprint density at radius 1 is 0.210 bits per heavy atom. The average Bonchev–Trinajstić information content (AvgIpc) is 0.883. The van der Waals surface area contributed by atoms with Crippen LogP contribution in [0.1, 0.15) is 236 Å². The van der Waals surface area contributed by atoms with Gasteiger partial charge in [-0.3, -0.25) is 15.0 Å². The second kappa shape index (κ2) is 86.2. The normalized spacial score (nSPS) is 8.00. The van der Waals surface area contributed by atoms with Crippen molar-refractivity contribution in [3.8, 4) is 56.3 Å². The third-order valence-electron chi connectivity index (χ3n) is 11.2. The fourth-order valence-corrected chi connectivity index (χ4v) is 7.31. The fourth-order valence-electron chi connectivity index (χ4n) is 7.31. The molecule has 0 amide bonds. The van der Waals surface area contributed by atoms with Crippen LogP contribution in [-0.2, 0) is 35.2 Å². The van der Waals surface area contributed by atoms with Gasteiger partial charge in [0, 0.05) is 95.5 Å². The van der Waals surface area contributed by atoms with E-state index in [1.165, 1.54) is 33.5 Å². The van der Waals surface area contributed by atoms with Crippen molar-refractivity contribution in [1.82, 2.24) is 49.8 Å². The highest BCUT2D eigenvalue weighted by atomic mass is 15.0. The van der Waals surface area contributed by atoms with Crippen molar-refractivity contribution in [2.24, 2.45) is 35.2 Å². The molecular formula is C85H150N15+5. The molecule has 9 aromatic heterocycles. The molecule has 0 N–H and O–H groups in total. The molecule has 0 aliphatic heterocycles. The molecule has 0 aliphatic carbocycles. The minimum atomic E-state index is 0.974. The maximum Gasteiger partial charge on any atom is 0.286 e. The molecule has 9 heterocycles. The predicted octanol–water partition coefficient (Wildman–Crippen LogP) is 21.8. The van der Waals surface area contributed by atoms with Gasteiger partial charge in [-0.2, -0.15) is 0 Å². The summed E-state index contributed by atoms with van der Waals surface area (Å²) in [7, 11) is 9.91. The summed E-state index contributed by atoms with van der Waals surface area (Å²) in [4.78, 5) is 40.9. The third kappa shape index (κ3) is 47.2. The predicted molar refractivity (Wildman–Crippen MR) is 437 cm³/mol. The van der Waals surface area contributed by atoms with Gasteiger partial charge in [0.1, 0.15) is 65.8 Å². The Bertz CT molecular complexity index is 2550. The van der Waals surface area contributed by atoms with Gasteiger partial charge in [0.05, 0.1) is 46.5 Å². The SMILES string of the molecule is CC.CC.CC.CC.CC.CC.CC.CC.CC.CC.CC.CC.CC.CC.CC.Cc1ccccc1-c1ccnc[n+]1C.Cc1ccncc1-c1ccnc[n+]1C.Cc1cnccc1-c1ccnc[n+]1C.Cc1ncccc1-c1ccnc[n+]1C.Cc1ncncc1-c1ccnc[n+]1C. The monoisotopic (exact) mass is 1380 g/mol. The van der Waals surface area contributed by atoms with E-state index in [1.54, 1.807) is 68.8 Å². The van der Waals surface area contributed by atoms with Crippen molar-refractivity contribution >= 4 is 0 Å². The summed E-state index contributed by atoms with van der Waals surface area (Å²) in [6, 6.07) is 26.4. The first kappa shape index (κ1) is 112. The van der Waals surface area contributed by atoms with E-state index in [4.69, 9.17) is 0 Å². The Hall–Kier alpha value is -8.85. The van der Waals surface area contributed by atoms with Crippen molar-refractivity contribution in [1.29, 1.82) is 0 Å². The quantitative estimate of drug-likeness (QED) is 0.152. The molecule has 0 radical (unpaired) electrons. The van der Waals surface area contributed by atoms with E-state index in [2.05, 4.69) is 101 Å². The summed E-state index contributed by atoms with van der Waals surface area (Å²) < 4.78 is 9.96. The molecule has 15 nitrogen and oxygen atoms in total. The van der Waals surface area contributed by atoms with Gasteiger partial charge in [-0.15, -0.1) is 0 Å². The summed E-state index contributed by atoms with van der Waals surface area (Å²) in [5.41, 5.74) is 17.2. The van der Waals surface area contributed by atoms with Gasteiger partial charge in [-0.25, -0.2) is 32.8 Å². The minimum Gasteiger partial charge on any atom is -0.264 e. The van der Waals surface area contributed by atoms with Crippen LogP contribution in [0.25, 0.3) is 56.3 Å². The zero-order chi connectivity index (χ0) is 79.8. The number of rotatable bonds is 5. The highest BCUT2D eigenvalue weighted by molar-refractivity contribution is 5.62. The largest absolute Gasteiger partial charge is 0.286 e. The van der Waals surface area contributed by atoms with E-state index < -0.39 is 0 Å². The summed E-state index contributed by atoms with van der Waals surface area (Å²) in [6.07, 6.45) is 30.5.